The van der Waals surface area contributed by atoms with Crippen molar-refractivity contribution in [2.24, 2.45) is 0 Å². The van der Waals surface area contributed by atoms with E-state index in [-0.39, 0.29) is 53.8 Å². The van der Waals surface area contributed by atoms with E-state index in [1.54, 1.807) is 6.07 Å². The second kappa shape index (κ2) is 7.50. The molecule has 0 aromatic heterocycles. The molecule has 0 aliphatic rings. The van der Waals surface area contributed by atoms with Gasteiger partial charge in [-0.1, -0.05) is 6.92 Å². The summed E-state index contributed by atoms with van der Waals surface area (Å²) in [6.07, 6.45) is 0. The molecule has 2 aromatic carbocycles. The summed E-state index contributed by atoms with van der Waals surface area (Å²) in [6.45, 7) is 2.06. The van der Waals surface area contributed by atoms with Gasteiger partial charge in [-0.15, -0.1) is 5.56 Å². The van der Waals surface area contributed by atoms with Crippen LogP contribution < -0.4 is 0 Å². The molecule has 71 valence electrons. The summed E-state index contributed by atoms with van der Waals surface area (Å²) in [5, 5.41) is 0. The van der Waals surface area contributed by atoms with Crippen LogP contribution in [0.2, 0.25) is 0 Å². The van der Waals surface area contributed by atoms with Crippen LogP contribution >= 0.6 is 0 Å². The van der Waals surface area contributed by atoms with E-state index in [4.69, 9.17) is 0 Å². The zero-order valence-corrected chi connectivity index (χ0v) is 14.2. The van der Waals surface area contributed by atoms with Gasteiger partial charge in [0.2, 0.25) is 0 Å². The third-order valence-corrected chi connectivity index (χ3v) is 1.92. The Balaban J connectivity index is 0.000000980. The molecule has 0 saturated carbocycles. The molecular weight excluding hydrogens is 429 g/mol. The molecule has 1 radical (unpaired) electrons. The normalized spacial score (nSPS) is 8.60. The molecule has 2 heteroatoms. The smallest absolute Gasteiger partial charge is 0.360 e. The maximum Gasteiger partial charge on any atom is 2.00 e. The zero-order chi connectivity index (χ0) is 9.10. The molecule has 0 saturated heterocycles. The summed E-state index contributed by atoms with van der Waals surface area (Å²) in [7, 11) is 0. The Morgan fingerprint density at radius 3 is 2.27 bits per heavy atom. The molecule has 0 heterocycles. The predicted molar refractivity (Wildman–Crippen MR) is 53.1 cm³/mol. The first-order valence-corrected chi connectivity index (χ1v) is 4.23. The van der Waals surface area contributed by atoms with Crippen LogP contribution in [0.5, 0.6) is 0 Å². The predicted octanol–water partition coefficient (Wildman–Crippen LogP) is 3.06. The first-order chi connectivity index (χ1) is 6.36. The Bertz CT molecular complexity index is 381. The van der Waals surface area contributed by atoms with E-state index >= 15 is 0 Å². The Kier molecular flexibility index (Phi) is 7.61. The molecule has 0 aliphatic heterocycles. The van der Waals surface area contributed by atoms with Crippen molar-refractivity contribution in [2.75, 3.05) is 0 Å². The van der Waals surface area contributed by atoms with E-state index in [0.29, 0.717) is 0 Å². The van der Waals surface area contributed by atoms with Crippen LogP contribution in [-0.4, -0.2) is 0 Å². The standard InChI is InChI=1S/C13H9.W.Y/c1-11-7-9-13(10-8-11)12-5-3-2-4-6-12;;/h3-5,7-9H,1H3;;/q-3;+2;. The van der Waals surface area contributed by atoms with Gasteiger partial charge in [0.05, 0.1) is 0 Å². The van der Waals surface area contributed by atoms with E-state index in [1.807, 2.05) is 18.2 Å². The average Bonchev–Trinajstić information content (AvgIpc) is 2.20. The fourth-order valence-electron chi connectivity index (χ4n) is 1.18. The zero-order valence-electron chi connectivity index (χ0n) is 8.45. The van der Waals surface area contributed by atoms with Crippen LogP contribution in [0.15, 0.2) is 36.4 Å². The van der Waals surface area contributed by atoms with E-state index in [1.165, 1.54) is 5.56 Å². The fourth-order valence-corrected chi connectivity index (χ4v) is 1.18. The van der Waals surface area contributed by atoms with Gasteiger partial charge in [-0.05, 0) is 0 Å². The topological polar surface area (TPSA) is 0 Å². The van der Waals surface area contributed by atoms with Gasteiger partial charge >= 0.3 is 21.1 Å². The molecule has 0 amide bonds. The van der Waals surface area contributed by atoms with Crippen molar-refractivity contribution in [3.63, 3.8) is 0 Å². The van der Waals surface area contributed by atoms with Crippen LogP contribution in [0.4, 0.5) is 0 Å². The molecule has 0 bridgehead atoms. The largest absolute Gasteiger partial charge is 2.00 e. The number of rotatable bonds is 1. The molecule has 0 N–H and O–H groups in total. The SMILES string of the molecule is Cc1c[c-]c(-c2[c-]c[c-]cc2)cc1.[W+2].[Y]. The third kappa shape index (κ3) is 4.31. The van der Waals surface area contributed by atoms with Crippen molar-refractivity contribution < 1.29 is 53.8 Å². The molecule has 2 aromatic rings. The monoisotopic (exact) mass is 438 g/mol. The molecule has 0 atom stereocenters. The van der Waals surface area contributed by atoms with Crippen LogP contribution in [0.3, 0.4) is 0 Å². The summed E-state index contributed by atoms with van der Waals surface area (Å²) in [4.78, 5) is 0. The summed E-state index contributed by atoms with van der Waals surface area (Å²) in [5.74, 6) is 0. The Hall–Kier alpha value is 0.232. The Labute approximate surface area is 131 Å². The number of hydrogen-bond acceptors (Lipinski definition) is 0. The van der Waals surface area contributed by atoms with Gasteiger partial charge in [0.25, 0.3) is 0 Å². The summed E-state index contributed by atoms with van der Waals surface area (Å²) in [6, 6.07) is 21.1. The van der Waals surface area contributed by atoms with Gasteiger partial charge in [0.1, 0.15) is 0 Å². The molecule has 0 fully saturated rings. The Morgan fingerprint density at radius 2 is 1.73 bits per heavy atom. The quantitative estimate of drug-likeness (QED) is 0.601. The first kappa shape index (κ1) is 15.2. The summed E-state index contributed by atoms with van der Waals surface area (Å²) >= 11 is 0. The van der Waals surface area contributed by atoms with E-state index in [9.17, 15) is 0 Å². The number of aryl methyl sites for hydroxylation is 1. The van der Waals surface area contributed by atoms with Crippen molar-refractivity contribution in [3.8, 4) is 11.1 Å². The maximum atomic E-state index is 3.21. The van der Waals surface area contributed by atoms with Crippen LogP contribution in [0.1, 0.15) is 5.56 Å². The van der Waals surface area contributed by atoms with E-state index < -0.39 is 0 Å². The van der Waals surface area contributed by atoms with Crippen LogP contribution in [0.25, 0.3) is 11.1 Å². The molecular formula is C13H9WY-. The Morgan fingerprint density at radius 1 is 1.00 bits per heavy atom. The molecule has 15 heavy (non-hydrogen) atoms. The van der Waals surface area contributed by atoms with Gasteiger partial charge in [0, 0.05) is 32.7 Å². The number of benzene rings is 2. The van der Waals surface area contributed by atoms with E-state index in [2.05, 4.69) is 37.3 Å². The minimum Gasteiger partial charge on any atom is -0.360 e. The van der Waals surface area contributed by atoms with Crippen molar-refractivity contribution >= 4 is 0 Å². The molecule has 2 rings (SSSR count). The fraction of sp³-hybridized carbons (Fsp3) is 0.0769. The summed E-state index contributed by atoms with van der Waals surface area (Å²) in [5.41, 5.74) is 3.38. The van der Waals surface area contributed by atoms with Gasteiger partial charge in [-0.3, -0.25) is 18.2 Å². The van der Waals surface area contributed by atoms with Gasteiger partial charge < -0.3 is 17.2 Å². The van der Waals surface area contributed by atoms with Crippen LogP contribution in [-0.2, 0) is 53.8 Å². The second-order valence-corrected chi connectivity index (χ2v) is 2.98. The van der Waals surface area contributed by atoms with Crippen LogP contribution in [0, 0.1) is 25.1 Å². The average molecular weight is 438 g/mol. The number of hydrogen-bond donors (Lipinski definition) is 0. The van der Waals surface area contributed by atoms with Gasteiger partial charge in [-0.25, -0.2) is 18.2 Å². The van der Waals surface area contributed by atoms with Crippen molar-refractivity contribution in [3.05, 3.63) is 60.2 Å². The molecule has 0 nitrogen and oxygen atoms in total. The second-order valence-electron chi connectivity index (χ2n) is 2.98. The van der Waals surface area contributed by atoms with Crippen molar-refractivity contribution in [2.45, 2.75) is 6.92 Å². The minimum absolute atomic E-state index is 0. The maximum absolute atomic E-state index is 3.21. The minimum atomic E-state index is 0. The van der Waals surface area contributed by atoms with Gasteiger partial charge in [-0.2, -0.15) is 12.1 Å². The molecule has 0 spiro atoms. The first-order valence-electron chi connectivity index (χ1n) is 4.23. The molecule has 0 aliphatic carbocycles. The summed E-state index contributed by atoms with van der Waals surface area (Å²) < 4.78 is 0. The van der Waals surface area contributed by atoms with Crippen molar-refractivity contribution in [1.29, 1.82) is 0 Å². The third-order valence-electron chi connectivity index (χ3n) is 1.92. The van der Waals surface area contributed by atoms with Crippen molar-refractivity contribution in [1.82, 2.24) is 0 Å². The molecule has 0 unspecified atom stereocenters. The van der Waals surface area contributed by atoms with E-state index in [0.717, 1.165) is 11.1 Å². The van der Waals surface area contributed by atoms with Gasteiger partial charge in [0.15, 0.2) is 0 Å².